The van der Waals surface area contributed by atoms with Crippen LogP contribution in [0.15, 0.2) is 47.5 Å². The van der Waals surface area contributed by atoms with Crippen molar-refractivity contribution in [2.24, 2.45) is 0 Å². The number of amidine groups is 1. The fourth-order valence-corrected chi connectivity index (χ4v) is 4.43. The highest BCUT2D eigenvalue weighted by molar-refractivity contribution is 7.11. The summed E-state index contributed by atoms with van der Waals surface area (Å²) in [6.07, 6.45) is 0. The molecule has 4 rings (SSSR count). The first-order valence-electron chi connectivity index (χ1n) is 9.47. The molecule has 0 atom stereocenters. The minimum absolute atomic E-state index is 0.161. The molecule has 0 fully saturated rings. The molecule has 2 N–H and O–H groups in total. The molecule has 0 bridgehead atoms. The molecule has 0 unspecified atom stereocenters. The average molecular weight is 422 g/mol. The van der Waals surface area contributed by atoms with Gasteiger partial charge in [0.1, 0.15) is 16.6 Å². The van der Waals surface area contributed by atoms with Gasteiger partial charge in [-0.15, -0.1) is 11.3 Å². The highest BCUT2D eigenvalue weighted by Crippen LogP contribution is 2.37. The van der Waals surface area contributed by atoms with E-state index < -0.39 is 0 Å². The van der Waals surface area contributed by atoms with Crippen LogP contribution in [0.4, 0.5) is 5.69 Å². The second-order valence-corrected chi connectivity index (χ2v) is 8.01. The molecule has 7 heteroatoms. The summed E-state index contributed by atoms with van der Waals surface area (Å²) in [4.78, 5) is 6.52. The molecular weight excluding hydrogens is 398 g/mol. The summed E-state index contributed by atoms with van der Waals surface area (Å²) in [5.74, 6) is 1.70. The van der Waals surface area contributed by atoms with Gasteiger partial charge in [0.15, 0.2) is 11.5 Å². The number of aryl methyl sites for hydroxylation is 2. The molecule has 0 amide bonds. The van der Waals surface area contributed by atoms with Crippen molar-refractivity contribution in [3.05, 3.63) is 63.7 Å². The average Bonchev–Trinajstić information content (AvgIpc) is 3.33. The topological polar surface area (TPSA) is 78.7 Å². The number of nitrogens with one attached hydrogen (secondary N) is 1. The molecule has 0 aliphatic carbocycles. The number of thiazole rings is 1. The summed E-state index contributed by atoms with van der Waals surface area (Å²) >= 11 is 1.41. The van der Waals surface area contributed by atoms with Gasteiger partial charge in [-0.05, 0) is 49.2 Å². The van der Waals surface area contributed by atoms with Crippen LogP contribution >= 0.6 is 11.3 Å². The van der Waals surface area contributed by atoms with Gasteiger partial charge in [-0.3, -0.25) is 5.41 Å². The number of ether oxygens (including phenoxy) is 2. The van der Waals surface area contributed by atoms with Crippen molar-refractivity contribution in [2.45, 2.75) is 13.8 Å². The summed E-state index contributed by atoms with van der Waals surface area (Å²) in [5, 5.41) is 21.9. The second kappa shape index (κ2) is 7.84. The zero-order valence-electron chi connectivity index (χ0n) is 17.3. The van der Waals surface area contributed by atoms with E-state index in [-0.39, 0.29) is 18.1 Å². The van der Waals surface area contributed by atoms with E-state index in [0.29, 0.717) is 22.1 Å². The van der Waals surface area contributed by atoms with Crippen LogP contribution in [0.25, 0.3) is 16.8 Å². The lowest BCUT2D eigenvalue weighted by atomic mass is 10.1. The number of methoxy groups -OCH3 is 2. The highest BCUT2D eigenvalue weighted by Gasteiger charge is 2.32. The van der Waals surface area contributed by atoms with Crippen molar-refractivity contribution in [1.29, 1.82) is 5.41 Å². The van der Waals surface area contributed by atoms with Crippen LogP contribution < -0.4 is 14.4 Å². The number of hydrogen-bond acceptors (Lipinski definition) is 6. The van der Waals surface area contributed by atoms with Crippen LogP contribution in [0.1, 0.15) is 16.1 Å². The lowest BCUT2D eigenvalue weighted by Gasteiger charge is -2.21. The Morgan fingerprint density at radius 3 is 2.57 bits per heavy atom. The lowest BCUT2D eigenvalue weighted by Crippen LogP contribution is -2.26. The number of anilines is 1. The van der Waals surface area contributed by atoms with E-state index in [0.717, 1.165) is 28.1 Å². The molecule has 1 aliphatic rings. The Kier molecular flexibility index (Phi) is 5.22. The zero-order valence-corrected chi connectivity index (χ0v) is 18.1. The molecule has 0 saturated carbocycles. The van der Waals surface area contributed by atoms with Crippen LogP contribution in [-0.4, -0.2) is 36.7 Å². The summed E-state index contributed by atoms with van der Waals surface area (Å²) in [7, 11) is 3.19. The normalized spacial score (nSPS) is 13.9. The van der Waals surface area contributed by atoms with E-state index in [2.05, 4.69) is 0 Å². The van der Waals surface area contributed by atoms with Gasteiger partial charge in [-0.2, -0.15) is 0 Å². The van der Waals surface area contributed by atoms with Gasteiger partial charge in [0.25, 0.3) is 0 Å². The fourth-order valence-electron chi connectivity index (χ4n) is 3.54. The van der Waals surface area contributed by atoms with E-state index in [1.165, 1.54) is 11.3 Å². The molecule has 6 nitrogen and oxygen atoms in total. The third-order valence-electron chi connectivity index (χ3n) is 5.16. The molecular formula is C23H23N3O3S. The molecule has 0 spiro atoms. The van der Waals surface area contributed by atoms with Crippen LogP contribution in [-0.2, 0) is 0 Å². The Labute approximate surface area is 179 Å². The van der Waals surface area contributed by atoms with Crippen molar-refractivity contribution in [1.82, 2.24) is 4.98 Å². The molecule has 0 radical (unpaired) electrons. The Balaban J connectivity index is 1.66. The zero-order chi connectivity index (χ0) is 21.4. The van der Waals surface area contributed by atoms with Gasteiger partial charge in [-0.1, -0.05) is 12.1 Å². The maximum atomic E-state index is 10.7. The maximum absolute atomic E-state index is 10.7. The number of aromatic nitrogens is 1. The van der Waals surface area contributed by atoms with E-state index in [9.17, 15) is 5.11 Å². The van der Waals surface area contributed by atoms with E-state index in [1.54, 1.807) is 14.2 Å². The van der Waals surface area contributed by atoms with Gasteiger partial charge in [0.2, 0.25) is 0 Å². The monoisotopic (exact) mass is 421 g/mol. The Hall–Kier alpha value is -3.32. The van der Waals surface area contributed by atoms with Gasteiger partial charge in [0, 0.05) is 16.6 Å². The lowest BCUT2D eigenvalue weighted by molar-refractivity contribution is 0.355. The predicted molar refractivity (Wildman–Crippen MR) is 121 cm³/mol. The van der Waals surface area contributed by atoms with Crippen molar-refractivity contribution in [3.8, 4) is 22.8 Å². The summed E-state index contributed by atoms with van der Waals surface area (Å²) < 4.78 is 10.7. The first-order chi connectivity index (χ1) is 14.4. The van der Waals surface area contributed by atoms with E-state index >= 15 is 0 Å². The van der Waals surface area contributed by atoms with Crippen LogP contribution in [0, 0.1) is 19.3 Å². The molecule has 30 heavy (non-hydrogen) atoms. The SMILES string of the molecule is COc1ccc(-c2csc(C3=C(O)CN(c4cc(C)ccc4C)C3=N)n2)cc1OC. The van der Waals surface area contributed by atoms with Crippen LogP contribution in [0.2, 0.25) is 0 Å². The number of benzene rings is 2. The Morgan fingerprint density at radius 1 is 1.07 bits per heavy atom. The third-order valence-corrected chi connectivity index (χ3v) is 6.02. The number of aliphatic hydroxyl groups excluding tert-OH is 1. The first-order valence-corrected chi connectivity index (χ1v) is 10.3. The van der Waals surface area contributed by atoms with E-state index in [1.807, 2.05) is 60.5 Å². The standard InChI is InChI=1S/C23H23N3O3S/c1-13-5-6-14(2)17(9-13)26-11-18(27)21(22(26)24)23-25-16(12-30-23)15-7-8-19(28-3)20(10-15)29-4/h5-10,12,24,27H,11H2,1-4H3. The van der Waals surface area contributed by atoms with Crippen molar-refractivity contribution < 1.29 is 14.6 Å². The number of nitrogens with zero attached hydrogens (tertiary/aromatic N) is 2. The minimum Gasteiger partial charge on any atom is -0.510 e. The Morgan fingerprint density at radius 2 is 1.83 bits per heavy atom. The molecule has 0 saturated heterocycles. The van der Waals surface area contributed by atoms with Crippen LogP contribution in [0.5, 0.6) is 11.5 Å². The molecule has 3 aromatic rings. The smallest absolute Gasteiger partial charge is 0.161 e. The van der Waals surface area contributed by atoms with Crippen molar-refractivity contribution >= 4 is 28.4 Å². The van der Waals surface area contributed by atoms with Gasteiger partial charge in [0.05, 0.1) is 32.0 Å². The van der Waals surface area contributed by atoms with Gasteiger partial charge in [-0.25, -0.2) is 4.98 Å². The summed E-state index contributed by atoms with van der Waals surface area (Å²) in [5.41, 5.74) is 5.22. The van der Waals surface area contributed by atoms with Crippen molar-refractivity contribution in [3.63, 3.8) is 0 Å². The molecule has 2 aromatic carbocycles. The largest absolute Gasteiger partial charge is 0.510 e. The molecule has 1 aromatic heterocycles. The van der Waals surface area contributed by atoms with E-state index in [4.69, 9.17) is 19.9 Å². The summed E-state index contributed by atoms with van der Waals surface area (Å²) in [6, 6.07) is 11.7. The maximum Gasteiger partial charge on any atom is 0.161 e. The number of aliphatic hydroxyl groups is 1. The predicted octanol–water partition coefficient (Wildman–Crippen LogP) is 5.21. The second-order valence-electron chi connectivity index (χ2n) is 7.15. The van der Waals surface area contributed by atoms with Gasteiger partial charge < -0.3 is 19.5 Å². The molecule has 2 heterocycles. The number of hydrogen-bond donors (Lipinski definition) is 2. The summed E-state index contributed by atoms with van der Waals surface area (Å²) in [6.45, 7) is 4.30. The molecule has 1 aliphatic heterocycles. The Bertz CT molecular complexity index is 1170. The highest BCUT2D eigenvalue weighted by atomic mass is 32.1. The molecule has 154 valence electrons. The van der Waals surface area contributed by atoms with Gasteiger partial charge >= 0.3 is 0 Å². The number of rotatable bonds is 5. The van der Waals surface area contributed by atoms with Crippen molar-refractivity contribution in [2.75, 3.05) is 25.7 Å². The van der Waals surface area contributed by atoms with Crippen LogP contribution in [0.3, 0.4) is 0 Å². The minimum atomic E-state index is 0.161. The third kappa shape index (κ3) is 3.41. The fraction of sp³-hybridized carbons (Fsp3) is 0.217. The first kappa shape index (κ1) is 20.0. The quantitative estimate of drug-likeness (QED) is 0.591.